The van der Waals surface area contributed by atoms with Crippen LogP contribution in [0.1, 0.15) is 6.92 Å². The summed E-state index contributed by atoms with van der Waals surface area (Å²) in [5.41, 5.74) is 5.25. The van der Waals surface area contributed by atoms with E-state index in [2.05, 4.69) is 10.2 Å². The van der Waals surface area contributed by atoms with Crippen molar-refractivity contribution in [2.75, 3.05) is 5.73 Å². The molecular formula is C5H8N4O. The highest BCUT2D eigenvalue weighted by molar-refractivity contribution is 5.74. The molecule has 1 aromatic rings. The number of nitrogens with zero attached hydrogens (tertiary/aromatic N) is 3. The molecule has 2 N–H and O–H groups in total. The number of carbonyl (C=O) groups is 1. The Morgan fingerprint density at radius 1 is 1.90 bits per heavy atom. The maximum Gasteiger partial charge on any atom is 0.165 e. The lowest BCUT2D eigenvalue weighted by Crippen LogP contribution is -2.09. The van der Waals surface area contributed by atoms with Crippen molar-refractivity contribution in [3.63, 3.8) is 0 Å². The van der Waals surface area contributed by atoms with Crippen molar-refractivity contribution in [1.29, 1.82) is 0 Å². The van der Waals surface area contributed by atoms with E-state index in [0.29, 0.717) is 5.82 Å². The zero-order valence-electron chi connectivity index (χ0n) is 5.61. The first-order valence-electron chi connectivity index (χ1n) is 2.83. The number of rotatable bonds is 2. The summed E-state index contributed by atoms with van der Waals surface area (Å²) < 4.78 is 0. The Balaban J connectivity index is 2.67. The molecule has 0 saturated carbocycles. The second kappa shape index (κ2) is 2.47. The molecule has 0 fully saturated rings. The molecule has 0 aromatic carbocycles. The average molecular weight is 140 g/mol. The lowest BCUT2D eigenvalue weighted by molar-refractivity contribution is -0.117. The quantitative estimate of drug-likeness (QED) is 0.598. The summed E-state index contributed by atoms with van der Waals surface area (Å²) in [7, 11) is 0. The number of ketones is 1. The van der Waals surface area contributed by atoms with Gasteiger partial charge in [0.15, 0.2) is 11.6 Å². The molecule has 0 aliphatic carbocycles. The fraction of sp³-hybridized carbons (Fsp3) is 0.400. The van der Waals surface area contributed by atoms with Crippen molar-refractivity contribution < 1.29 is 4.79 Å². The number of hydrogen-bond donors (Lipinski definition) is 1. The summed E-state index contributed by atoms with van der Waals surface area (Å²) >= 11 is 0. The predicted molar refractivity (Wildman–Crippen MR) is 35.1 cm³/mol. The number of aromatic nitrogens is 3. The standard InChI is InChI=1S/C5H8N4O/c1-4(10)3-9-7-2-5(6)8-9/h2H,3H2,1H3,(H2,6,8). The minimum Gasteiger partial charge on any atom is -0.381 e. The number of hydrogen-bond acceptors (Lipinski definition) is 4. The van der Waals surface area contributed by atoms with E-state index in [1.807, 2.05) is 0 Å². The van der Waals surface area contributed by atoms with Gasteiger partial charge in [0, 0.05) is 0 Å². The molecule has 1 rings (SSSR count). The van der Waals surface area contributed by atoms with Crippen LogP contribution < -0.4 is 5.73 Å². The minimum atomic E-state index is 0.00981. The molecular weight excluding hydrogens is 132 g/mol. The smallest absolute Gasteiger partial charge is 0.165 e. The van der Waals surface area contributed by atoms with Crippen LogP contribution in [-0.2, 0) is 11.3 Å². The average Bonchev–Trinajstić information content (AvgIpc) is 2.13. The first-order valence-corrected chi connectivity index (χ1v) is 2.83. The van der Waals surface area contributed by atoms with Crippen molar-refractivity contribution in [3.05, 3.63) is 6.20 Å². The summed E-state index contributed by atoms with van der Waals surface area (Å²) in [6.07, 6.45) is 1.41. The van der Waals surface area contributed by atoms with Gasteiger partial charge < -0.3 is 5.73 Å². The van der Waals surface area contributed by atoms with Crippen molar-refractivity contribution >= 4 is 11.6 Å². The normalized spacial score (nSPS) is 9.70. The summed E-state index contributed by atoms with van der Waals surface area (Å²) in [5, 5.41) is 7.43. The van der Waals surface area contributed by atoms with E-state index in [1.165, 1.54) is 17.9 Å². The van der Waals surface area contributed by atoms with Crippen LogP contribution in [0.3, 0.4) is 0 Å². The van der Waals surface area contributed by atoms with Gasteiger partial charge in [0.2, 0.25) is 0 Å². The monoisotopic (exact) mass is 140 g/mol. The highest BCUT2D eigenvalue weighted by Gasteiger charge is 1.97. The number of nitrogens with two attached hydrogens (primary N) is 1. The molecule has 0 aliphatic rings. The Labute approximate surface area is 57.8 Å². The van der Waals surface area contributed by atoms with Crippen molar-refractivity contribution in [3.8, 4) is 0 Å². The molecule has 1 heterocycles. The molecule has 0 saturated heterocycles. The van der Waals surface area contributed by atoms with Gasteiger partial charge in [-0.25, -0.2) is 0 Å². The highest BCUT2D eigenvalue weighted by Crippen LogP contribution is 1.89. The molecule has 5 heteroatoms. The fourth-order valence-electron chi connectivity index (χ4n) is 0.586. The summed E-state index contributed by atoms with van der Waals surface area (Å²) in [5.74, 6) is 0.344. The largest absolute Gasteiger partial charge is 0.381 e. The molecule has 0 aliphatic heterocycles. The molecule has 5 nitrogen and oxygen atoms in total. The van der Waals surface area contributed by atoms with E-state index >= 15 is 0 Å². The Morgan fingerprint density at radius 3 is 3.00 bits per heavy atom. The lowest BCUT2D eigenvalue weighted by Gasteiger charge is -1.90. The molecule has 54 valence electrons. The third kappa shape index (κ3) is 1.54. The number of Topliss-reactive ketones (excluding diaryl/α,β-unsaturated/α-hetero) is 1. The van der Waals surface area contributed by atoms with Crippen LogP contribution in [-0.4, -0.2) is 20.8 Å². The first kappa shape index (κ1) is 6.73. The summed E-state index contributed by atoms with van der Waals surface area (Å²) in [6, 6.07) is 0. The van der Waals surface area contributed by atoms with Crippen LogP contribution in [0.15, 0.2) is 6.20 Å². The van der Waals surface area contributed by atoms with Crippen LogP contribution >= 0.6 is 0 Å². The molecule has 10 heavy (non-hydrogen) atoms. The van der Waals surface area contributed by atoms with E-state index in [1.54, 1.807) is 0 Å². The van der Waals surface area contributed by atoms with E-state index in [0.717, 1.165) is 0 Å². The van der Waals surface area contributed by atoms with E-state index in [4.69, 9.17) is 5.73 Å². The second-order valence-corrected chi connectivity index (χ2v) is 2.00. The van der Waals surface area contributed by atoms with Gasteiger partial charge >= 0.3 is 0 Å². The van der Waals surface area contributed by atoms with Gasteiger partial charge in [-0.3, -0.25) is 4.79 Å². The molecule has 0 atom stereocenters. The molecule has 0 unspecified atom stereocenters. The van der Waals surface area contributed by atoms with Crippen LogP contribution in [0, 0.1) is 0 Å². The molecule has 1 aromatic heterocycles. The molecule has 0 bridgehead atoms. The third-order valence-corrected chi connectivity index (χ3v) is 0.918. The number of nitrogen functional groups attached to an aromatic ring is 1. The third-order valence-electron chi connectivity index (χ3n) is 0.918. The Kier molecular flexibility index (Phi) is 1.66. The summed E-state index contributed by atoms with van der Waals surface area (Å²) in [4.78, 5) is 11.7. The molecule has 0 amide bonds. The molecule has 0 radical (unpaired) electrons. The van der Waals surface area contributed by atoms with Gasteiger partial charge in [-0.05, 0) is 6.92 Å². The van der Waals surface area contributed by atoms with Crippen LogP contribution in [0.4, 0.5) is 5.82 Å². The van der Waals surface area contributed by atoms with Crippen LogP contribution in [0.2, 0.25) is 0 Å². The Morgan fingerprint density at radius 2 is 2.60 bits per heavy atom. The van der Waals surface area contributed by atoms with Crippen LogP contribution in [0.25, 0.3) is 0 Å². The topological polar surface area (TPSA) is 73.8 Å². The van der Waals surface area contributed by atoms with E-state index in [-0.39, 0.29) is 12.3 Å². The van der Waals surface area contributed by atoms with Crippen molar-refractivity contribution in [2.24, 2.45) is 0 Å². The lowest BCUT2D eigenvalue weighted by atomic mass is 10.5. The fourth-order valence-corrected chi connectivity index (χ4v) is 0.586. The van der Waals surface area contributed by atoms with Crippen molar-refractivity contribution in [1.82, 2.24) is 15.0 Å². The van der Waals surface area contributed by atoms with Crippen LogP contribution in [0.5, 0.6) is 0 Å². The molecule has 0 spiro atoms. The van der Waals surface area contributed by atoms with Gasteiger partial charge in [0.25, 0.3) is 0 Å². The van der Waals surface area contributed by atoms with E-state index in [9.17, 15) is 4.79 Å². The van der Waals surface area contributed by atoms with Gasteiger partial charge in [-0.15, -0.1) is 5.10 Å². The zero-order valence-corrected chi connectivity index (χ0v) is 5.61. The number of carbonyl (C=O) groups excluding carboxylic acids is 1. The zero-order chi connectivity index (χ0) is 7.56. The first-order chi connectivity index (χ1) is 4.68. The van der Waals surface area contributed by atoms with Gasteiger partial charge in [0.05, 0.1) is 6.20 Å². The van der Waals surface area contributed by atoms with Crippen molar-refractivity contribution in [2.45, 2.75) is 13.5 Å². The van der Waals surface area contributed by atoms with E-state index < -0.39 is 0 Å². The van der Waals surface area contributed by atoms with Gasteiger partial charge in [0.1, 0.15) is 6.54 Å². The maximum absolute atomic E-state index is 10.5. The maximum atomic E-state index is 10.5. The predicted octanol–water partition coefficient (Wildman–Crippen LogP) is -0.551. The van der Waals surface area contributed by atoms with Gasteiger partial charge in [-0.2, -0.15) is 9.90 Å². The Hall–Kier alpha value is -1.39. The number of anilines is 1. The Bertz CT molecular complexity index is 242. The SMILES string of the molecule is CC(=O)Cn1ncc(N)n1. The summed E-state index contributed by atoms with van der Waals surface area (Å²) in [6.45, 7) is 1.66. The minimum absolute atomic E-state index is 0.00981. The van der Waals surface area contributed by atoms with Gasteiger partial charge in [-0.1, -0.05) is 0 Å². The second-order valence-electron chi connectivity index (χ2n) is 2.00. The highest BCUT2D eigenvalue weighted by atomic mass is 16.1.